The molecule has 0 aliphatic carbocycles. The van der Waals surface area contributed by atoms with Crippen molar-refractivity contribution in [1.29, 1.82) is 5.26 Å². The van der Waals surface area contributed by atoms with Gasteiger partial charge >= 0.3 is 6.18 Å². The molecule has 11 heteroatoms. The number of carbonyl (C=O) groups is 1. The van der Waals surface area contributed by atoms with Gasteiger partial charge in [-0.05, 0) is 36.4 Å². The number of hydrogen-bond donors (Lipinski definition) is 1. The number of carbonyl (C=O) groups excluding carboxylic acids is 1. The number of benzene rings is 2. The van der Waals surface area contributed by atoms with Gasteiger partial charge in [0.2, 0.25) is 0 Å². The number of sulfonamides is 1. The quantitative estimate of drug-likeness (QED) is 0.723. The Labute approximate surface area is 153 Å². The largest absolute Gasteiger partial charge is 0.417 e. The molecule has 0 fully saturated rings. The first-order chi connectivity index (χ1) is 12.0. The number of nitriles is 1. The summed E-state index contributed by atoms with van der Waals surface area (Å²) in [6.45, 7) is 0. The van der Waals surface area contributed by atoms with Crippen LogP contribution >= 0.6 is 15.9 Å². The van der Waals surface area contributed by atoms with E-state index < -0.39 is 49.5 Å². The summed E-state index contributed by atoms with van der Waals surface area (Å²) in [4.78, 5) is 10.7. The van der Waals surface area contributed by atoms with Gasteiger partial charge in [0.05, 0.1) is 27.7 Å². The van der Waals surface area contributed by atoms with Crippen LogP contribution in [0, 0.1) is 17.1 Å². The summed E-state index contributed by atoms with van der Waals surface area (Å²) in [5.41, 5.74) is -2.70. The third-order valence-electron chi connectivity index (χ3n) is 3.11. The van der Waals surface area contributed by atoms with Crippen LogP contribution in [0.3, 0.4) is 0 Å². The van der Waals surface area contributed by atoms with Crippen LogP contribution in [0.1, 0.15) is 21.5 Å². The van der Waals surface area contributed by atoms with Crippen molar-refractivity contribution in [3.63, 3.8) is 0 Å². The molecule has 26 heavy (non-hydrogen) atoms. The minimum Gasteiger partial charge on any atom is -0.268 e. The first kappa shape index (κ1) is 19.9. The van der Waals surface area contributed by atoms with Crippen molar-refractivity contribution in [2.45, 2.75) is 11.1 Å². The molecule has 2 rings (SSSR count). The summed E-state index contributed by atoms with van der Waals surface area (Å²) in [5, 5.41) is 8.69. The summed E-state index contributed by atoms with van der Waals surface area (Å²) in [5.74, 6) is -2.50. The molecule has 136 valence electrons. The second kappa shape index (κ2) is 7.05. The molecular weight excluding hydrogens is 444 g/mol. The summed E-state index contributed by atoms with van der Waals surface area (Å²) >= 11 is 2.95. The molecular formula is C15H7BrF4N2O3S. The van der Waals surface area contributed by atoms with Crippen molar-refractivity contribution in [2.75, 3.05) is 0 Å². The van der Waals surface area contributed by atoms with Crippen molar-refractivity contribution in [3.05, 3.63) is 63.4 Å². The van der Waals surface area contributed by atoms with Crippen molar-refractivity contribution in [3.8, 4) is 6.07 Å². The smallest absolute Gasteiger partial charge is 0.268 e. The van der Waals surface area contributed by atoms with E-state index in [4.69, 9.17) is 5.26 Å². The second-order valence-electron chi connectivity index (χ2n) is 4.88. The Balaban J connectivity index is 2.48. The van der Waals surface area contributed by atoms with Gasteiger partial charge in [0.15, 0.2) is 0 Å². The zero-order valence-electron chi connectivity index (χ0n) is 12.4. The van der Waals surface area contributed by atoms with Gasteiger partial charge in [0.25, 0.3) is 15.9 Å². The van der Waals surface area contributed by atoms with Crippen molar-refractivity contribution in [1.82, 2.24) is 4.72 Å². The van der Waals surface area contributed by atoms with Gasteiger partial charge in [-0.3, -0.25) is 4.79 Å². The number of nitrogens with zero attached hydrogens (tertiary/aromatic N) is 1. The van der Waals surface area contributed by atoms with Gasteiger partial charge in [0.1, 0.15) is 5.82 Å². The number of hydrogen-bond acceptors (Lipinski definition) is 4. The van der Waals surface area contributed by atoms with Crippen LogP contribution in [0.5, 0.6) is 0 Å². The SMILES string of the molecule is N#Cc1ccc(S(=O)(=O)NC(=O)c2ccc(Br)cc2F)c(C(F)(F)F)c1. The van der Waals surface area contributed by atoms with E-state index in [1.807, 2.05) is 0 Å². The molecule has 0 spiro atoms. The number of amides is 1. The first-order valence-electron chi connectivity index (χ1n) is 6.59. The van der Waals surface area contributed by atoms with Crippen molar-refractivity contribution < 1.29 is 30.8 Å². The van der Waals surface area contributed by atoms with E-state index in [1.165, 1.54) is 16.9 Å². The van der Waals surface area contributed by atoms with Crippen molar-refractivity contribution in [2.24, 2.45) is 0 Å². The van der Waals surface area contributed by atoms with Gasteiger partial charge in [-0.15, -0.1) is 0 Å². The molecule has 0 radical (unpaired) electrons. The lowest BCUT2D eigenvalue weighted by atomic mass is 10.1. The van der Waals surface area contributed by atoms with Crippen LogP contribution in [-0.4, -0.2) is 14.3 Å². The highest BCUT2D eigenvalue weighted by atomic mass is 79.9. The Hall–Kier alpha value is -2.45. The molecule has 0 saturated carbocycles. The second-order valence-corrected chi connectivity index (χ2v) is 7.45. The van der Waals surface area contributed by atoms with Crippen LogP contribution in [0.2, 0.25) is 0 Å². The van der Waals surface area contributed by atoms with Crippen LogP contribution in [-0.2, 0) is 16.2 Å². The minimum atomic E-state index is -5.09. The Kier molecular flexibility index (Phi) is 5.39. The van der Waals surface area contributed by atoms with Gasteiger partial charge in [-0.1, -0.05) is 15.9 Å². The highest BCUT2D eigenvalue weighted by Gasteiger charge is 2.38. The third-order valence-corrected chi connectivity index (χ3v) is 4.99. The summed E-state index contributed by atoms with van der Waals surface area (Å²) in [6.07, 6.45) is -5.09. The molecule has 1 N–H and O–H groups in total. The fourth-order valence-corrected chi connectivity index (χ4v) is 3.47. The van der Waals surface area contributed by atoms with E-state index >= 15 is 0 Å². The van der Waals surface area contributed by atoms with Crippen molar-refractivity contribution >= 4 is 31.9 Å². The van der Waals surface area contributed by atoms with Gasteiger partial charge < -0.3 is 0 Å². The standard InChI is InChI=1S/C15H7BrF4N2O3S/c16-9-2-3-10(12(17)6-9)14(23)22-26(24,25)13-4-1-8(7-21)5-11(13)15(18,19)20/h1-6H,(H,22,23). The molecule has 1 amide bonds. The molecule has 0 bridgehead atoms. The van der Waals surface area contributed by atoms with Crippen LogP contribution in [0.25, 0.3) is 0 Å². The lowest BCUT2D eigenvalue weighted by Gasteiger charge is -2.14. The lowest BCUT2D eigenvalue weighted by Crippen LogP contribution is -2.32. The minimum absolute atomic E-state index is 0.279. The monoisotopic (exact) mass is 450 g/mol. The molecule has 0 aromatic heterocycles. The Morgan fingerprint density at radius 1 is 1.15 bits per heavy atom. The normalized spacial score (nSPS) is 11.7. The van der Waals surface area contributed by atoms with Crippen LogP contribution in [0.15, 0.2) is 45.8 Å². The van der Waals surface area contributed by atoms with E-state index in [2.05, 4.69) is 15.9 Å². The van der Waals surface area contributed by atoms with Gasteiger partial charge in [-0.25, -0.2) is 17.5 Å². The highest BCUT2D eigenvalue weighted by Crippen LogP contribution is 2.34. The number of halogens is 5. The fourth-order valence-electron chi connectivity index (χ4n) is 1.96. The van der Waals surface area contributed by atoms with E-state index in [9.17, 15) is 30.8 Å². The maximum atomic E-state index is 13.7. The molecule has 0 heterocycles. The molecule has 2 aromatic rings. The van der Waals surface area contributed by atoms with Gasteiger partial charge in [-0.2, -0.15) is 18.4 Å². The molecule has 0 saturated heterocycles. The van der Waals surface area contributed by atoms with E-state index in [0.717, 1.165) is 18.2 Å². The van der Waals surface area contributed by atoms with E-state index in [1.54, 1.807) is 0 Å². The average molecular weight is 451 g/mol. The Morgan fingerprint density at radius 2 is 1.81 bits per heavy atom. The third kappa shape index (κ3) is 4.20. The highest BCUT2D eigenvalue weighted by molar-refractivity contribution is 9.10. The average Bonchev–Trinajstić information content (AvgIpc) is 2.52. The number of rotatable bonds is 3. The first-order valence-corrected chi connectivity index (χ1v) is 8.87. The zero-order chi connectivity index (χ0) is 19.7. The van der Waals surface area contributed by atoms with E-state index in [0.29, 0.717) is 12.1 Å². The Morgan fingerprint density at radius 3 is 2.35 bits per heavy atom. The van der Waals surface area contributed by atoms with Crippen LogP contribution in [0.4, 0.5) is 17.6 Å². The zero-order valence-corrected chi connectivity index (χ0v) is 14.8. The molecule has 2 aromatic carbocycles. The maximum Gasteiger partial charge on any atom is 0.417 e. The van der Waals surface area contributed by atoms with E-state index in [-0.39, 0.29) is 4.47 Å². The molecule has 0 unspecified atom stereocenters. The van der Waals surface area contributed by atoms with Gasteiger partial charge in [0, 0.05) is 4.47 Å². The Bertz CT molecular complexity index is 1030. The molecule has 0 atom stereocenters. The summed E-state index contributed by atoms with van der Waals surface area (Å²) < 4.78 is 79.2. The number of nitrogens with one attached hydrogen (secondary N) is 1. The lowest BCUT2D eigenvalue weighted by molar-refractivity contribution is -0.139. The molecule has 0 aliphatic rings. The summed E-state index contributed by atoms with van der Waals surface area (Å²) in [7, 11) is -4.98. The predicted molar refractivity (Wildman–Crippen MR) is 84.9 cm³/mol. The fraction of sp³-hybridized carbons (Fsp3) is 0.0667. The topological polar surface area (TPSA) is 87.0 Å². The number of alkyl halides is 3. The molecule has 5 nitrogen and oxygen atoms in total. The molecule has 0 aliphatic heterocycles. The van der Waals surface area contributed by atoms with Crippen LogP contribution < -0.4 is 4.72 Å². The predicted octanol–water partition coefficient (Wildman–Crippen LogP) is 3.60. The maximum absolute atomic E-state index is 13.7. The summed E-state index contributed by atoms with van der Waals surface area (Å²) in [6, 6.07) is 6.33.